The van der Waals surface area contributed by atoms with E-state index in [1.165, 1.54) is 50.2 Å². The zero-order chi connectivity index (χ0) is 44.7. The monoisotopic (exact) mass is 1020 g/mol. The first-order chi connectivity index (χ1) is 30.5. The Morgan fingerprint density at radius 3 is 2.02 bits per heavy atom. The van der Waals surface area contributed by atoms with Gasteiger partial charge < -0.3 is 0 Å². The van der Waals surface area contributed by atoms with Crippen molar-refractivity contribution in [3.8, 4) is 34.1 Å². The van der Waals surface area contributed by atoms with E-state index in [4.69, 9.17) is 9.72 Å². The van der Waals surface area contributed by atoms with Crippen LogP contribution in [-0.2, 0) is 61.3 Å². The van der Waals surface area contributed by atoms with Gasteiger partial charge in [0.05, 0.1) is 0 Å². The zero-order valence-corrected chi connectivity index (χ0v) is 40.7. The van der Waals surface area contributed by atoms with Crippen molar-refractivity contribution >= 4 is 27.3 Å². The first-order valence-corrected chi connectivity index (χ1v) is 23.7. The number of para-hydroxylation sites is 1. The van der Waals surface area contributed by atoms with Gasteiger partial charge in [0, 0.05) is 11.8 Å². The molecule has 4 aliphatic rings. The van der Waals surface area contributed by atoms with Gasteiger partial charge in [-0.25, -0.2) is 0 Å². The minimum atomic E-state index is -0.135. The van der Waals surface area contributed by atoms with Crippen LogP contribution in [0.25, 0.3) is 50.0 Å². The van der Waals surface area contributed by atoms with Crippen LogP contribution in [0.2, 0.25) is 0 Å². The molecule has 0 radical (unpaired) electrons. The van der Waals surface area contributed by atoms with E-state index in [-0.39, 0.29) is 16.2 Å². The van der Waals surface area contributed by atoms with E-state index in [1.54, 1.807) is 0 Å². The average Bonchev–Trinajstić information content (AvgIpc) is 3.78. The Kier molecular flexibility index (Phi) is 10.4. The Balaban J connectivity index is 1.07. The third-order valence-electron chi connectivity index (χ3n) is 13.0. The van der Waals surface area contributed by atoms with Crippen molar-refractivity contribution in [2.45, 2.75) is 104 Å². The van der Waals surface area contributed by atoms with Crippen molar-refractivity contribution in [3.63, 3.8) is 0 Å². The number of pyridine rings is 2. The molecule has 13 rings (SSSR count). The molecule has 326 valence electrons. The van der Waals surface area contributed by atoms with Crippen LogP contribution in [0.1, 0.15) is 101 Å². The number of aromatic nitrogens is 4. The van der Waals surface area contributed by atoms with Crippen LogP contribution in [0.15, 0.2) is 128 Å². The molecule has 6 heteroatoms. The van der Waals surface area contributed by atoms with Crippen LogP contribution in [0.5, 0.6) is 11.5 Å². The topological polar surface area (TPSA) is 36.4 Å². The van der Waals surface area contributed by atoms with Gasteiger partial charge in [-0.15, -0.1) is 0 Å². The van der Waals surface area contributed by atoms with Gasteiger partial charge in [-0.1, -0.05) is 77.9 Å². The molecule has 0 fully saturated rings. The Bertz CT molecular complexity index is 3310. The van der Waals surface area contributed by atoms with Crippen molar-refractivity contribution in [1.29, 1.82) is 0 Å². The second-order valence-electron chi connectivity index (χ2n) is 20.7. The number of aryl methyl sites for hydroxylation is 4. The van der Waals surface area contributed by atoms with Crippen molar-refractivity contribution in [2.75, 3.05) is 0 Å². The summed E-state index contributed by atoms with van der Waals surface area (Å²) >= 11 is 2.50. The van der Waals surface area contributed by atoms with Crippen LogP contribution in [0, 0.1) is 15.9 Å². The maximum absolute atomic E-state index is 6.88. The van der Waals surface area contributed by atoms with Gasteiger partial charge in [-0.3, -0.25) is 0 Å². The van der Waals surface area contributed by atoms with Crippen molar-refractivity contribution in [2.24, 2.45) is 0 Å². The predicted octanol–water partition coefficient (Wildman–Crippen LogP) is 14.1. The molecule has 2 aliphatic heterocycles. The Morgan fingerprint density at radius 1 is 0.609 bits per heavy atom. The van der Waals surface area contributed by atoms with Gasteiger partial charge in [0.15, 0.2) is 0 Å². The summed E-state index contributed by atoms with van der Waals surface area (Å²) in [5, 5.41) is 2.25. The van der Waals surface area contributed by atoms with Crippen molar-refractivity contribution in [3.05, 3.63) is 183 Å². The standard InChI is InChI=1S/C58H56N4O.Pt/c1-56(2,3)42-24-21-40(22-25-42)50-35-59-55(34-51(50)58(7,8)9)62-52-13-11-10-12-48(52)49-29-28-46(33-53(49)62)63-47-31-43(57(4,5)6)30-45(32-47)60-36-54-41-20-18-38-14-16-39(17-15-38)19-26-44(27-23-41)61(54)37-60;/h10-17,21-25,27-31,34-36H,18-20,26H2,1-9H3;/q-2;. The number of hydrogen-bond donors (Lipinski definition) is 0. The number of fused-ring (bicyclic) bond motifs is 3. The molecule has 0 spiro atoms. The smallest absolute Gasteiger partial charge is 0.0579 e. The molecule has 4 aromatic heterocycles. The molecule has 5 aromatic carbocycles. The maximum atomic E-state index is 6.88. The molecule has 0 saturated heterocycles. The molecule has 6 heterocycles. The molecule has 0 amide bonds. The number of hydrogen-bond acceptors (Lipinski definition) is 2. The number of benzene rings is 5. The zero-order valence-electron chi connectivity index (χ0n) is 38.5. The summed E-state index contributed by atoms with van der Waals surface area (Å²) in [4.78, 5) is 5.21. The van der Waals surface area contributed by atoms with Crippen molar-refractivity contribution < 1.29 is 24.1 Å². The molecule has 5 nitrogen and oxygen atoms in total. The molecule has 9 aromatic rings. The minimum Gasteiger partial charge on any atom is -0.0579 e. The summed E-state index contributed by atoms with van der Waals surface area (Å²) < 4.78 is 15.0. The van der Waals surface area contributed by atoms with Crippen LogP contribution in [-0.4, -0.2) is 18.5 Å². The summed E-state index contributed by atoms with van der Waals surface area (Å²) in [6.45, 7) is 20.4. The van der Waals surface area contributed by atoms with Crippen LogP contribution < -0.4 is 4.74 Å². The normalized spacial score (nSPS) is 13.5. The minimum absolute atomic E-state index is 0.0850. The molecule has 2 aliphatic carbocycles. The van der Waals surface area contributed by atoms with Crippen molar-refractivity contribution in [1.82, 2.24) is 18.5 Å². The predicted molar refractivity (Wildman–Crippen MR) is 259 cm³/mol. The van der Waals surface area contributed by atoms with E-state index >= 15 is 0 Å². The van der Waals surface area contributed by atoms with E-state index < -0.39 is 0 Å². The molecule has 0 unspecified atom stereocenters. The second kappa shape index (κ2) is 15.7. The third-order valence-corrected chi connectivity index (χ3v) is 14.1. The van der Waals surface area contributed by atoms with Crippen LogP contribution in [0.4, 0.5) is 0 Å². The first-order valence-electron chi connectivity index (χ1n) is 22.6. The average molecular weight is 1020 g/mol. The van der Waals surface area contributed by atoms with E-state index in [0.29, 0.717) is 11.5 Å². The molecule has 64 heavy (non-hydrogen) atoms. The van der Waals surface area contributed by atoms with E-state index in [2.05, 4.69) is 229 Å². The van der Waals surface area contributed by atoms with Gasteiger partial charge >= 0.3 is 274 Å². The summed E-state index contributed by atoms with van der Waals surface area (Å²) in [6.07, 6.45) is 8.29. The summed E-state index contributed by atoms with van der Waals surface area (Å²) in [7, 11) is 0. The molecule has 0 saturated carbocycles. The number of ether oxygens (including phenoxy) is 1. The van der Waals surface area contributed by atoms with Gasteiger partial charge in [-0.2, -0.15) is 0 Å². The fourth-order valence-electron chi connectivity index (χ4n) is 9.27. The third kappa shape index (κ3) is 7.81. The summed E-state index contributed by atoms with van der Waals surface area (Å²) in [6, 6.07) is 49.8. The quantitative estimate of drug-likeness (QED) is 0.161. The Morgan fingerprint density at radius 2 is 1.31 bits per heavy atom. The number of nitrogens with zero attached hydrogens (tertiary/aromatic N) is 4. The molecular weight excluding hydrogens is 964 g/mol. The van der Waals surface area contributed by atoms with Gasteiger partial charge in [0.1, 0.15) is 0 Å². The van der Waals surface area contributed by atoms with Crippen LogP contribution in [0.3, 0.4) is 0 Å². The molecular formula is C58H56N4OPt-2. The molecule has 4 bridgehead atoms. The Labute approximate surface area is 388 Å². The van der Waals surface area contributed by atoms with E-state index in [1.807, 2.05) is 6.07 Å². The fraction of sp³-hybridized carbons (Fsp3) is 0.276. The fourth-order valence-corrected chi connectivity index (χ4v) is 10.3. The van der Waals surface area contributed by atoms with E-state index in [9.17, 15) is 0 Å². The van der Waals surface area contributed by atoms with E-state index in [0.717, 1.165) is 68.4 Å². The van der Waals surface area contributed by atoms with Gasteiger partial charge in [-0.05, 0) is 27.5 Å². The summed E-state index contributed by atoms with van der Waals surface area (Å²) in [5.41, 5.74) is 15.5. The number of imidazole rings is 1. The Hall–Kier alpha value is -5.77. The SMILES string of the molecule is CC(C)(C)c1ccc(-c2cnc(-n3c4[c-]c(Oc5[c-]c(-n6cc7c8ccc(n7[c]6=[Pt])CCc6ccc(cc6)CC8)cc(C(C)(C)C)c5)ccc4c4ccccc43)cc2C(C)(C)C)cc1. The second-order valence-corrected chi connectivity index (χ2v) is 21.7. The first kappa shape index (κ1) is 42.2. The number of rotatable bonds is 5. The van der Waals surface area contributed by atoms with Crippen LogP contribution >= 0.6 is 0 Å². The molecule has 0 N–H and O–H groups in total. The molecule has 0 atom stereocenters. The summed E-state index contributed by atoms with van der Waals surface area (Å²) in [5.74, 6) is 2.13. The van der Waals surface area contributed by atoms with Gasteiger partial charge in [0.2, 0.25) is 0 Å². The van der Waals surface area contributed by atoms with Gasteiger partial charge in [0.25, 0.3) is 0 Å².